The summed E-state index contributed by atoms with van der Waals surface area (Å²) in [7, 11) is 0. The van der Waals surface area contributed by atoms with Crippen molar-refractivity contribution in [3.63, 3.8) is 0 Å². The highest BCUT2D eigenvalue weighted by atomic mass is 16.3. The Morgan fingerprint density at radius 1 is 1.06 bits per heavy atom. The number of rotatable bonds is 2. The van der Waals surface area contributed by atoms with E-state index in [-0.39, 0.29) is 17.9 Å². The summed E-state index contributed by atoms with van der Waals surface area (Å²) in [5.41, 5.74) is 0.0674. The second-order valence-electron chi connectivity index (χ2n) is 10.5. The molecule has 3 aliphatic heterocycles. The van der Waals surface area contributed by atoms with Crippen LogP contribution in [0, 0.1) is 0 Å². The van der Waals surface area contributed by atoms with Gasteiger partial charge in [0, 0.05) is 12.0 Å². The van der Waals surface area contributed by atoms with E-state index in [1.165, 1.54) is 4.57 Å². The number of benzene rings is 2. The second kappa shape index (κ2) is 7.35. The van der Waals surface area contributed by atoms with Crippen molar-refractivity contribution in [2.45, 2.75) is 57.5 Å². The van der Waals surface area contributed by atoms with E-state index in [4.69, 9.17) is 4.98 Å². The predicted octanol–water partition coefficient (Wildman–Crippen LogP) is 2.15. The van der Waals surface area contributed by atoms with E-state index in [0.29, 0.717) is 33.7 Å². The van der Waals surface area contributed by atoms with Crippen molar-refractivity contribution in [1.29, 1.82) is 0 Å². The van der Waals surface area contributed by atoms with Gasteiger partial charge < -0.3 is 10.4 Å². The van der Waals surface area contributed by atoms with Gasteiger partial charge in [0.1, 0.15) is 17.8 Å². The molecule has 2 aromatic carbocycles. The van der Waals surface area contributed by atoms with E-state index in [0.717, 1.165) is 5.57 Å². The topological polar surface area (TPSA) is 117 Å². The predicted molar refractivity (Wildman–Crippen MR) is 135 cm³/mol. The number of carbonyl (C=O) groups is 2. The van der Waals surface area contributed by atoms with Gasteiger partial charge in [-0.1, -0.05) is 30.3 Å². The van der Waals surface area contributed by atoms with Crippen LogP contribution in [0.2, 0.25) is 0 Å². The SMILES string of the molecule is CC(C)=C1NC(=O)C(CC2(O)c3ccccc3N3C(=O)C(C)(C)NC32)n2c1nc1ccccc1c2=O. The van der Waals surface area contributed by atoms with Gasteiger partial charge in [-0.15, -0.1) is 0 Å². The van der Waals surface area contributed by atoms with Crippen LogP contribution in [0.5, 0.6) is 0 Å². The summed E-state index contributed by atoms with van der Waals surface area (Å²) in [5, 5.41) is 18.8. The van der Waals surface area contributed by atoms with Gasteiger partial charge >= 0.3 is 0 Å². The highest BCUT2D eigenvalue weighted by Crippen LogP contribution is 2.50. The summed E-state index contributed by atoms with van der Waals surface area (Å²) in [6.07, 6.45) is -0.918. The molecule has 9 heteroatoms. The standard InChI is InChI=1S/C27H27N5O4/c1-14(2)20-21-28-17-11-7-5-9-15(17)23(34)31(21)19(22(33)29-20)13-27(36)16-10-6-8-12-18(16)32-24(27)30-26(3,4)25(32)35/h5-12,19,24,30,36H,13H2,1-4H3,(H,29,33). The van der Waals surface area contributed by atoms with Crippen LogP contribution in [-0.4, -0.2) is 38.2 Å². The van der Waals surface area contributed by atoms with Crippen LogP contribution in [0.4, 0.5) is 5.69 Å². The van der Waals surface area contributed by atoms with E-state index in [9.17, 15) is 19.5 Å². The molecule has 184 valence electrons. The quantitative estimate of drug-likeness (QED) is 0.512. The zero-order valence-electron chi connectivity index (χ0n) is 20.5. The van der Waals surface area contributed by atoms with E-state index in [1.54, 1.807) is 55.1 Å². The molecule has 4 heterocycles. The van der Waals surface area contributed by atoms with Crippen molar-refractivity contribution in [2.24, 2.45) is 0 Å². The fraction of sp³-hybridized carbons (Fsp3) is 0.333. The van der Waals surface area contributed by atoms with Crippen LogP contribution in [-0.2, 0) is 15.2 Å². The number of amides is 2. The lowest BCUT2D eigenvalue weighted by molar-refractivity contribution is -0.126. The van der Waals surface area contributed by atoms with Gasteiger partial charge in [0.25, 0.3) is 5.56 Å². The van der Waals surface area contributed by atoms with Crippen molar-refractivity contribution in [2.75, 3.05) is 4.90 Å². The van der Waals surface area contributed by atoms with Crippen molar-refractivity contribution in [3.05, 3.63) is 75.8 Å². The maximum atomic E-state index is 13.8. The molecule has 3 N–H and O–H groups in total. The Morgan fingerprint density at radius 3 is 2.50 bits per heavy atom. The summed E-state index contributed by atoms with van der Waals surface area (Å²) >= 11 is 0. The molecule has 6 rings (SSSR count). The Hall–Kier alpha value is -3.82. The fourth-order valence-corrected chi connectivity index (χ4v) is 5.71. The smallest absolute Gasteiger partial charge is 0.262 e. The van der Waals surface area contributed by atoms with Crippen LogP contribution in [0.3, 0.4) is 0 Å². The largest absolute Gasteiger partial charge is 0.381 e. The molecule has 0 radical (unpaired) electrons. The Balaban J connectivity index is 1.56. The van der Waals surface area contributed by atoms with Crippen molar-refractivity contribution < 1.29 is 14.7 Å². The summed E-state index contributed by atoms with van der Waals surface area (Å²) in [6, 6.07) is 13.1. The maximum Gasteiger partial charge on any atom is 0.262 e. The highest BCUT2D eigenvalue weighted by molar-refractivity contribution is 6.05. The van der Waals surface area contributed by atoms with Crippen LogP contribution in [0.15, 0.2) is 58.9 Å². The molecule has 36 heavy (non-hydrogen) atoms. The van der Waals surface area contributed by atoms with E-state index < -0.39 is 29.3 Å². The van der Waals surface area contributed by atoms with Gasteiger partial charge in [-0.2, -0.15) is 0 Å². The number of allylic oxidation sites excluding steroid dienone is 1. The number of nitrogens with zero attached hydrogens (tertiary/aromatic N) is 3. The number of nitrogens with one attached hydrogen (secondary N) is 2. The first-order valence-electron chi connectivity index (χ1n) is 12.0. The Morgan fingerprint density at radius 2 is 1.75 bits per heavy atom. The lowest BCUT2D eigenvalue weighted by atomic mass is 9.85. The van der Waals surface area contributed by atoms with Crippen LogP contribution >= 0.6 is 0 Å². The number of fused-ring (bicyclic) bond motifs is 5. The third-order valence-electron chi connectivity index (χ3n) is 7.49. The van der Waals surface area contributed by atoms with Crippen molar-refractivity contribution >= 4 is 34.1 Å². The molecule has 1 fully saturated rings. The first-order chi connectivity index (χ1) is 17.0. The minimum atomic E-state index is -1.63. The van der Waals surface area contributed by atoms with Crippen LogP contribution < -0.4 is 21.1 Å². The fourth-order valence-electron chi connectivity index (χ4n) is 5.71. The summed E-state index contributed by atoms with van der Waals surface area (Å²) in [6.45, 7) is 7.22. The summed E-state index contributed by atoms with van der Waals surface area (Å²) < 4.78 is 1.40. The van der Waals surface area contributed by atoms with E-state index >= 15 is 0 Å². The second-order valence-corrected chi connectivity index (χ2v) is 10.5. The molecular formula is C27H27N5O4. The molecule has 1 aromatic heterocycles. The first kappa shape index (κ1) is 22.6. The molecule has 3 atom stereocenters. The van der Waals surface area contributed by atoms with Gasteiger partial charge in [-0.25, -0.2) is 4.98 Å². The normalized spacial score (nSPS) is 26.0. The Kier molecular flexibility index (Phi) is 4.62. The number of anilines is 1. The molecule has 0 aliphatic carbocycles. The minimum absolute atomic E-state index is 0.129. The van der Waals surface area contributed by atoms with Gasteiger partial charge in [-0.05, 0) is 51.5 Å². The molecule has 3 unspecified atom stereocenters. The average molecular weight is 486 g/mol. The minimum Gasteiger partial charge on any atom is -0.381 e. The van der Waals surface area contributed by atoms with Crippen LogP contribution in [0.25, 0.3) is 16.6 Å². The molecule has 0 bridgehead atoms. The van der Waals surface area contributed by atoms with Gasteiger partial charge in [0.05, 0.1) is 27.8 Å². The van der Waals surface area contributed by atoms with Gasteiger partial charge in [0.2, 0.25) is 11.8 Å². The zero-order chi connectivity index (χ0) is 25.6. The third-order valence-corrected chi connectivity index (χ3v) is 7.49. The lowest BCUT2D eigenvalue weighted by Crippen LogP contribution is -2.54. The maximum absolute atomic E-state index is 13.8. The molecule has 9 nitrogen and oxygen atoms in total. The molecule has 3 aliphatic rings. The number of hydrogen-bond acceptors (Lipinski definition) is 6. The summed E-state index contributed by atoms with van der Waals surface area (Å²) in [5.74, 6) is -0.224. The molecule has 0 spiro atoms. The molecule has 0 saturated carbocycles. The van der Waals surface area contributed by atoms with Gasteiger partial charge in [-0.3, -0.25) is 29.2 Å². The molecular weight excluding hydrogens is 458 g/mol. The monoisotopic (exact) mass is 485 g/mol. The zero-order valence-corrected chi connectivity index (χ0v) is 20.5. The Bertz CT molecular complexity index is 1570. The number of carbonyl (C=O) groups excluding carboxylic acids is 2. The third kappa shape index (κ3) is 2.90. The van der Waals surface area contributed by atoms with Crippen molar-refractivity contribution in [1.82, 2.24) is 20.2 Å². The first-order valence-corrected chi connectivity index (χ1v) is 12.0. The van der Waals surface area contributed by atoms with Crippen molar-refractivity contribution in [3.8, 4) is 0 Å². The number of aromatic nitrogens is 2. The molecule has 3 aromatic rings. The number of para-hydroxylation sites is 2. The van der Waals surface area contributed by atoms with E-state index in [1.807, 2.05) is 26.0 Å². The lowest BCUT2D eigenvalue weighted by Gasteiger charge is -2.37. The van der Waals surface area contributed by atoms with Gasteiger partial charge in [0.15, 0.2) is 5.82 Å². The summed E-state index contributed by atoms with van der Waals surface area (Å²) in [4.78, 5) is 46.8. The van der Waals surface area contributed by atoms with E-state index in [2.05, 4.69) is 10.6 Å². The number of hydrogen-bond donors (Lipinski definition) is 3. The molecule has 2 amide bonds. The van der Waals surface area contributed by atoms with Crippen LogP contribution in [0.1, 0.15) is 51.5 Å². The number of aliphatic hydroxyl groups is 1. The average Bonchev–Trinajstić information content (AvgIpc) is 3.23. The highest BCUT2D eigenvalue weighted by Gasteiger charge is 2.61. The molecule has 1 saturated heterocycles. The Labute approximate surface area is 207 Å².